The van der Waals surface area contributed by atoms with Crippen LogP contribution in [0.3, 0.4) is 0 Å². The largest absolute Gasteiger partial charge is 0.398 e. The highest BCUT2D eigenvalue weighted by Gasteiger charge is 2.34. The molecule has 4 nitrogen and oxygen atoms in total. The number of para-hydroxylation sites is 2. The molecule has 3 rings (SSSR count). The molecule has 110 valence electrons. The summed E-state index contributed by atoms with van der Waals surface area (Å²) in [5.74, 6) is -0.0711. The Labute approximate surface area is 125 Å². The molecule has 2 aromatic rings. The lowest BCUT2D eigenvalue weighted by Crippen LogP contribution is -2.36. The molecule has 0 saturated heterocycles. The van der Waals surface area contributed by atoms with Crippen LogP contribution in [0.25, 0.3) is 0 Å². The van der Waals surface area contributed by atoms with E-state index in [1.807, 2.05) is 37.3 Å². The number of hydrogen-bond acceptors (Lipinski definition) is 3. The minimum Gasteiger partial charge on any atom is -0.398 e. The molecule has 1 heterocycles. The minimum absolute atomic E-state index is 0.0580. The Hall–Kier alpha value is -2.01. The number of benzene rings is 2. The Balaban J connectivity index is 1.98. The summed E-state index contributed by atoms with van der Waals surface area (Å²) in [5, 5.41) is 0. The molecule has 1 aliphatic rings. The first kappa shape index (κ1) is 13.9. The second kappa shape index (κ2) is 5.07. The molecule has 5 heteroatoms. The van der Waals surface area contributed by atoms with Crippen LogP contribution in [-0.2, 0) is 22.2 Å². The Morgan fingerprint density at radius 3 is 2.57 bits per heavy atom. The van der Waals surface area contributed by atoms with Crippen molar-refractivity contribution in [3.63, 3.8) is 0 Å². The Bertz CT molecular complexity index is 771. The zero-order valence-corrected chi connectivity index (χ0v) is 12.7. The van der Waals surface area contributed by atoms with Crippen LogP contribution in [0.15, 0.2) is 48.5 Å². The van der Waals surface area contributed by atoms with E-state index in [1.54, 1.807) is 18.2 Å². The summed E-state index contributed by atoms with van der Waals surface area (Å²) in [6.07, 6.45) is 0.750. The third-order valence-corrected chi connectivity index (χ3v) is 5.67. The molecule has 0 aliphatic carbocycles. The number of fused-ring (bicyclic) bond motifs is 1. The highest BCUT2D eigenvalue weighted by molar-refractivity contribution is 7.92. The van der Waals surface area contributed by atoms with Crippen molar-refractivity contribution in [1.82, 2.24) is 0 Å². The van der Waals surface area contributed by atoms with E-state index in [0.29, 0.717) is 11.3 Å². The minimum atomic E-state index is -3.44. The summed E-state index contributed by atoms with van der Waals surface area (Å²) in [4.78, 5) is 0. The van der Waals surface area contributed by atoms with E-state index in [4.69, 9.17) is 5.73 Å². The highest BCUT2D eigenvalue weighted by atomic mass is 32.2. The average Bonchev–Trinajstić information content (AvgIpc) is 2.77. The molecular weight excluding hydrogens is 284 g/mol. The van der Waals surface area contributed by atoms with Crippen molar-refractivity contribution in [2.24, 2.45) is 0 Å². The fourth-order valence-electron chi connectivity index (χ4n) is 2.89. The molecular formula is C16H18N2O2S. The van der Waals surface area contributed by atoms with Gasteiger partial charge in [0.15, 0.2) is 0 Å². The first-order valence-corrected chi connectivity index (χ1v) is 8.53. The van der Waals surface area contributed by atoms with Gasteiger partial charge in [0.1, 0.15) is 0 Å². The first-order chi connectivity index (χ1) is 9.99. The van der Waals surface area contributed by atoms with Crippen LogP contribution in [0.1, 0.15) is 18.1 Å². The lowest BCUT2D eigenvalue weighted by atomic mass is 10.1. The number of nitrogen functional groups attached to an aromatic ring is 1. The maximum Gasteiger partial charge on any atom is 0.239 e. The number of nitrogens with two attached hydrogens (primary N) is 1. The van der Waals surface area contributed by atoms with Gasteiger partial charge in [0, 0.05) is 11.7 Å². The van der Waals surface area contributed by atoms with Crippen molar-refractivity contribution in [3.8, 4) is 0 Å². The van der Waals surface area contributed by atoms with Gasteiger partial charge in [0.05, 0.1) is 11.4 Å². The second-order valence-corrected chi connectivity index (χ2v) is 7.28. The summed E-state index contributed by atoms with van der Waals surface area (Å²) in [5.41, 5.74) is 8.90. The zero-order valence-electron chi connectivity index (χ0n) is 11.9. The van der Waals surface area contributed by atoms with Gasteiger partial charge in [-0.05, 0) is 36.6 Å². The number of hydrogen-bond donors (Lipinski definition) is 1. The fourth-order valence-corrected chi connectivity index (χ4v) is 4.79. The van der Waals surface area contributed by atoms with E-state index in [1.165, 1.54) is 4.31 Å². The van der Waals surface area contributed by atoms with E-state index < -0.39 is 10.0 Å². The number of anilines is 2. The third kappa shape index (κ3) is 2.49. The van der Waals surface area contributed by atoms with Gasteiger partial charge in [-0.25, -0.2) is 8.42 Å². The van der Waals surface area contributed by atoms with Crippen molar-refractivity contribution in [3.05, 3.63) is 59.7 Å². The smallest absolute Gasteiger partial charge is 0.239 e. The molecule has 1 atom stereocenters. The molecule has 0 radical (unpaired) electrons. The summed E-state index contributed by atoms with van der Waals surface area (Å²) < 4.78 is 27.1. The highest BCUT2D eigenvalue weighted by Crippen LogP contribution is 2.35. The van der Waals surface area contributed by atoms with Gasteiger partial charge >= 0.3 is 0 Å². The van der Waals surface area contributed by atoms with Gasteiger partial charge in [-0.15, -0.1) is 0 Å². The van der Waals surface area contributed by atoms with Crippen LogP contribution >= 0.6 is 0 Å². The Morgan fingerprint density at radius 1 is 1.14 bits per heavy atom. The van der Waals surface area contributed by atoms with Crippen LogP contribution in [0.4, 0.5) is 11.4 Å². The molecule has 1 aliphatic heterocycles. The van der Waals surface area contributed by atoms with E-state index in [0.717, 1.165) is 17.7 Å². The van der Waals surface area contributed by atoms with Crippen LogP contribution in [0.2, 0.25) is 0 Å². The molecule has 0 bridgehead atoms. The van der Waals surface area contributed by atoms with Crippen LogP contribution < -0.4 is 10.0 Å². The third-order valence-electron chi connectivity index (χ3n) is 3.84. The van der Waals surface area contributed by atoms with Gasteiger partial charge in [-0.2, -0.15) is 0 Å². The van der Waals surface area contributed by atoms with Gasteiger partial charge in [0.25, 0.3) is 0 Å². The van der Waals surface area contributed by atoms with Crippen molar-refractivity contribution in [2.45, 2.75) is 25.1 Å². The lowest BCUT2D eigenvalue weighted by Gasteiger charge is -2.24. The molecule has 0 saturated carbocycles. The number of rotatable bonds is 3. The average molecular weight is 302 g/mol. The van der Waals surface area contributed by atoms with Crippen molar-refractivity contribution in [1.29, 1.82) is 0 Å². The van der Waals surface area contributed by atoms with Crippen molar-refractivity contribution >= 4 is 21.4 Å². The molecule has 0 fully saturated rings. The molecule has 0 spiro atoms. The molecule has 2 N–H and O–H groups in total. The van der Waals surface area contributed by atoms with Gasteiger partial charge in [-0.3, -0.25) is 4.31 Å². The topological polar surface area (TPSA) is 63.4 Å². The SMILES string of the molecule is CC1Cc2ccccc2N1S(=O)(=O)Cc1ccccc1N. The Morgan fingerprint density at radius 2 is 1.81 bits per heavy atom. The Kier molecular flexibility index (Phi) is 3.37. The maximum absolute atomic E-state index is 12.8. The summed E-state index contributed by atoms with van der Waals surface area (Å²) >= 11 is 0. The summed E-state index contributed by atoms with van der Waals surface area (Å²) in [6, 6.07) is 14.7. The first-order valence-electron chi connectivity index (χ1n) is 6.92. The fraction of sp³-hybridized carbons (Fsp3) is 0.250. The number of nitrogens with zero attached hydrogens (tertiary/aromatic N) is 1. The maximum atomic E-state index is 12.8. The normalized spacial score (nSPS) is 17.8. The van der Waals surface area contributed by atoms with E-state index in [-0.39, 0.29) is 11.8 Å². The molecule has 0 amide bonds. The molecule has 2 aromatic carbocycles. The monoisotopic (exact) mass is 302 g/mol. The van der Waals surface area contributed by atoms with Gasteiger partial charge < -0.3 is 5.73 Å². The van der Waals surface area contributed by atoms with Gasteiger partial charge in [0.2, 0.25) is 10.0 Å². The molecule has 21 heavy (non-hydrogen) atoms. The van der Waals surface area contributed by atoms with E-state index in [9.17, 15) is 8.42 Å². The lowest BCUT2D eigenvalue weighted by molar-refractivity contribution is 0.583. The predicted molar refractivity (Wildman–Crippen MR) is 85.6 cm³/mol. The van der Waals surface area contributed by atoms with Crippen LogP contribution in [-0.4, -0.2) is 14.5 Å². The molecule has 0 aromatic heterocycles. The van der Waals surface area contributed by atoms with Crippen LogP contribution in [0.5, 0.6) is 0 Å². The van der Waals surface area contributed by atoms with E-state index >= 15 is 0 Å². The standard InChI is InChI=1S/C16H18N2O2S/c1-12-10-13-6-3-5-9-16(13)18(12)21(19,20)11-14-7-2-4-8-15(14)17/h2-9,12H,10-11,17H2,1H3. The summed E-state index contributed by atoms with van der Waals surface area (Å²) in [6.45, 7) is 1.94. The quantitative estimate of drug-likeness (QED) is 0.886. The second-order valence-electron chi connectivity index (χ2n) is 5.43. The predicted octanol–water partition coefficient (Wildman–Crippen LogP) is 2.55. The van der Waals surface area contributed by atoms with Gasteiger partial charge in [-0.1, -0.05) is 36.4 Å². The van der Waals surface area contributed by atoms with Crippen LogP contribution in [0, 0.1) is 0 Å². The van der Waals surface area contributed by atoms with Crippen molar-refractivity contribution < 1.29 is 8.42 Å². The molecule has 1 unspecified atom stereocenters. The zero-order chi connectivity index (χ0) is 15.0. The van der Waals surface area contributed by atoms with E-state index in [2.05, 4.69) is 0 Å². The number of sulfonamides is 1. The summed E-state index contributed by atoms with van der Waals surface area (Å²) in [7, 11) is -3.44. The van der Waals surface area contributed by atoms with Crippen molar-refractivity contribution in [2.75, 3.05) is 10.0 Å².